The fourth-order valence-electron chi connectivity index (χ4n) is 4.18. The summed E-state index contributed by atoms with van der Waals surface area (Å²) in [5.74, 6) is -0.0240. The molecule has 2 aromatic rings. The van der Waals surface area contributed by atoms with E-state index in [4.69, 9.17) is 4.74 Å². The molecular formula is C21H30ClN5O2. The molecule has 1 aromatic carbocycles. The maximum atomic E-state index is 13.4. The lowest BCUT2D eigenvalue weighted by molar-refractivity contribution is 0.0649. The second-order valence-electron chi connectivity index (χ2n) is 7.70. The lowest BCUT2D eigenvalue weighted by Gasteiger charge is -2.28. The van der Waals surface area contributed by atoms with Crippen LogP contribution < -0.4 is 5.32 Å². The first kappa shape index (κ1) is 21.7. The molecule has 2 saturated heterocycles. The van der Waals surface area contributed by atoms with Crippen LogP contribution in [0.4, 0.5) is 0 Å². The van der Waals surface area contributed by atoms with Crippen molar-refractivity contribution in [3.05, 3.63) is 47.3 Å². The average Bonchev–Trinajstić information content (AvgIpc) is 3.39. The van der Waals surface area contributed by atoms with Gasteiger partial charge in [0.05, 0.1) is 24.4 Å². The van der Waals surface area contributed by atoms with Crippen molar-refractivity contribution in [2.45, 2.75) is 44.7 Å². The van der Waals surface area contributed by atoms with Crippen LogP contribution in [0.25, 0.3) is 0 Å². The largest absolute Gasteiger partial charge is 0.379 e. The van der Waals surface area contributed by atoms with E-state index in [-0.39, 0.29) is 24.4 Å². The molecule has 0 aliphatic carbocycles. The van der Waals surface area contributed by atoms with E-state index in [0.29, 0.717) is 31.5 Å². The number of hydrogen-bond donors (Lipinski definition) is 1. The van der Waals surface area contributed by atoms with Crippen molar-refractivity contribution in [2.24, 2.45) is 0 Å². The van der Waals surface area contributed by atoms with Gasteiger partial charge in [-0.05, 0) is 51.3 Å². The third kappa shape index (κ3) is 4.97. The summed E-state index contributed by atoms with van der Waals surface area (Å²) in [6.45, 7) is 5.90. The molecule has 1 atom stereocenters. The highest BCUT2D eigenvalue weighted by molar-refractivity contribution is 5.93. The van der Waals surface area contributed by atoms with Crippen molar-refractivity contribution in [3.63, 3.8) is 0 Å². The molecule has 0 bridgehead atoms. The number of nitrogens with zero attached hydrogens (tertiary/aromatic N) is 4. The zero-order valence-corrected chi connectivity index (χ0v) is 17.7. The molecule has 8 heteroatoms. The summed E-state index contributed by atoms with van der Waals surface area (Å²) in [5, 5.41) is 12.0. The van der Waals surface area contributed by atoms with Gasteiger partial charge >= 0.3 is 0 Å². The maximum Gasteiger partial charge on any atom is 0.276 e. The van der Waals surface area contributed by atoms with Gasteiger partial charge in [-0.25, -0.2) is 4.68 Å². The Morgan fingerprint density at radius 1 is 1.24 bits per heavy atom. The normalized spacial score (nSPS) is 19.7. The molecule has 1 unspecified atom stereocenters. The van der Waals surface area contributed by atoms with Crippen LogP contribution >= 0.6 is 12.4 Å². The predicted octanol–water partition coefficient (Wildman–Crippen LogP) is 2.41. The van der Waals surface area contributed by atoms with Crippen LogP contribution in [0.5, 0.6) is 0 Å². The van der Waals surface area contributed by atoms with Crippen LogP contribution in [-0.4, -0.2) is 64.7 Å². The number of hydrogen-bond acceptors (Lipinski definition) is 5. The van der Waals surface area contributed by atoms with Crippen molar-refractivity contribution in [3.8, 4) is 0 Å². The Morgan fingerprint density at radius 3 is 2.69 bits per heavy atom. The van der Waals surface area contributed by atoms with E-state index in [2.05, 4.69) is 27.8 Å². The van der Waals surface area contributed by atoms with Gasteiger partial charge in [0.2, 0.25) is 0 Å². The number of carbonyl (C=O) groups is 1. The molecule has 29 heavy (non-hydrogen) atoms. The van der Waals surface area contributed by atoms with Gasteiger partial charge in [-0.2, -0.15) is 0 Å². The topological polar surface area (TPSA) is 72.3 Å². The van der Waals surface area contributed by atoms with Crippen molar-refractivity contribution >= 4 is 18.3 Å². The Kier molecular flexibility index (Phi) is 7.64. The van der Waals surface area contributed by atoms with E-state index in [1.165, 1.54) is 5.56 Å². The van der Waals surface area contributed by atoms with Crippen LogP contribution in [0.3, 0.4) is 0 Å². The highest BCUT2D eigenvalue weighted by Gasteiger charge is 2.31. The number of nitrogens with one attached hydrogen (secondary N) is 1. The Bertz CT molecular complexity index is 786. The number of halogens is 1. The van der Waals surface area contributed by atoms with Gasteiger partial charge in [-0.3, -0.25) is 4.79 Å². The minimum Gasteiger partial charge on any atom is -0.379 e. The molecule has 0 spiro atoms. The second-order valence-corrected chi connectivity index (χ2v) is 7.70. The summed E-state index contributed by atoms with van der Waals surface area (Å²) in [7, 11) is 0. The number of rotatable bonds is 6. The molecule has 1 N–H and O–H groups in total. The zero-order chi connectivity index (χ0) is 19.3. The summed E-state index contributed by atoms with van der Waals surface area (Å²) in [6.07, 6.45) is 3.74. The monoisotopic (exact) mass is 419 g/mol. The van der Waals surface area contributed by atoms with E-state index < -0.39 is 0 Å². The third-order valence-corrected chi connectivity index (χ3v) is 5.88. The first-order valence-corrected chi connectivity index (χ1v) is 10.3. The summed E-state index contributed by atoms with van der Waals surface area (Å²) in [4.78, 5) is 15.4. The summed E-state index contributed by atoms with van der Waals surface area (Å²) in [6, 6.07) is 10.7. The van der Waals surface area contributed by atoms with Crippen LogP contribution in [0.1, 0.15) is 47.1 Å². The first-order valence-electron chi connectivity index (χ1n) is 10.3. The molecular weight excluding hydrogens is 390 g/mol. The van der Waals surface area contributed by atoms with Gasteiger partial charge in [-0.1, -0.05) is 35.5 Å². The molecule has 4 rings (SSSR count). The van der Waals surface area contributed by atoms with Crippen molar-refractivity contribution in [1.29, 1.82) is 0 Å². The fraction of sp³-hybridized carbons (Fsp3) is 0.571. The van der Waals surface area contributed by atoms with Crippen molar-refractivity contribution in [1.82, 2.24) is 25.2 Å². The van der Waals surface area contributed by atoms with Crippen molar-refractivity contribution in [2.75, 3.05) is 32.8 Å². The van der Waals surface area contributed by atoms with Crippen LogP contribution in [0.15, 0.2) is 30.3 Å². The van der Waals surface area contributed by atoms with E-state index in [1.807, 2.05) is 34.7 Å². The van der Waals surface area contributed by atoms with E-state index in [9.17, 15) is 4.79 Å². The molecule has 0 radical (unpaired) electrons. The standard InChI is InChI=1S/C21H29N5O2.ClH/c1-16-20(23-24-26(16)18-7-11-22-12-8-18)21(27)25(19-10-14-28-15-19)13-9-17-5-3-2-4-6-17;/h2-6,18-19,22H,7-15H2,1H3;1H. The lowest BCUT2D eigenvalue weighted by Crippen LogP contribution is -2.42. The summed E-state index contributed by atoms with van der Waals surface area (Å²) >= 11 is 0. The Morgan fingerprint density at radius 2 is 2.00 bits per heavy atom. The third-order valence-electron chi connectivity index (χ3n) is 5.88. The molecule has 3 heterocycles. The van der Waals surface area contributed by atoms with Gasteiger partial charge in [0, 0.05) is 13.2 Å². The first-order chi connectivity index (χ1) is 13.7. The molecule has 2 aliphatic heterocycles. The van der Waals surface area contributed by atoms with E-state index in [0.717, 1.165) is 44.5 Å². The summed E-state index contributed by atoms with van der Waals surface area (Å²) in [5.41, 5.74) is 2.59. The quantitative estimate of drug-likeness (QED) is 0.778. The summed E-state index contributed by atoms with van der Waals surface area (Å²) < 4.78 is 7.52. The lowest BCUT2D eigenvalue weighted by atomic mass is 10.1. The SMILES string of the molecule is Cc1c(C(=O)N(CCc2ccccc2)C2CCOC2)nnn1C1CCNCC1.Cl. The zero-order valence-electron chi connectivity index (χ0n) is 16.9. The van der Waals surface area contributed by atoms with Crippen molar-refractivity contribution < 1.29 is 9.53 Å². The molecule has 2 aliphatic rings. The van der Waals surface area contributed by atoms with Gasteiger partial charge < -0.3 is 15.0 Å². The molecule has 2 fully saturated rings. The molecule has 1 amide bonds. The highest BCUT2D eigenvalue weighted by atomic mass is 35.5. The number of benzene rings is 1. The number of amides is 1. The second kappa shape index (κ2) is 10.2. The van der Waals surface area contributed by atoms with Crippen LogP contribution in [0, 0.1) is 6.92 Å². The number of aromatic nitrogens is 3. The van der Waals surface area contributed by atoms with Crippen LogP contribution in [0.2, 0.25) is 0 Å². The highest BCUT2D eigenvalue weighted by Crippen LogP contribution is 2.22. The predicted molar refractivity (Wildman–Crippen MR) is 114 cm³/mol. The number of ether oxygens (including phenoxy) is 1. The Labute approximate surface area is 178 Å². The Balaban J connectivity index is 0.00000240. The minimum absolute atomic E-state index is 0. The minimum atomic E-state index is -0.0240. The molecule has 0 saturated carbocycles. The van der Waals surface area contributed by atoms with Gasteiger partial charge in [0.25, 0.3) is 5.91 Å². The molecule has 1 aromatic heterocycles. The van der Waals surface area contributed by atoms with E-state index in [1.54, 1.807) is 0 Å². The van der Waals surface area contributed by atoms with Crippen LogP contribution in [-0.2, 0) is 11.2 Å². The van der Waals surface area contributed by atoms with Gasteiger partial charge in [0.1, 0.15) is 0 Å². The average molecular weight is 420 g/mol. The Hall–Kier alpha value is -1.96. The number of piperidine rings is 1. The number of carbonyl (C=O) groups excluding carboxylic acids is 1. The smallest absolute Gasteiger partial charge is 0.276 e. The van der Waals surface area contributed by atoms with Gasteiger partial charge in [0.15, 0.2) is 5.69 Å². The fourth-order valence-corrected chi connectivity index (χ4v) is 4.18. The van der Waals surface area contributed by atoms with E-state index >= 15 is 0 Å². The van der Waals surface area contributed by atoms with Gasteiger partial charge in [-0.15, -0.1) is 17.5 Å². The maximum absolute atomic E-state index is 13.4. The molecule has 158 valence electrons. The molecule has 7 nitrogen and oxygen atoms in total.